The molecule has 98 valence electrons. The lowest BCUT2D eigenvalue weighted by Gasteiger charge is -2.36. The minimum absolute atomic E-state index is 0.0236. The van der Waals surface area contributed by atoms with Crippen molar-refractivity contribution < 1.29 is 23.1 Å². The Labute approximate surface area is 101 Å². The van der Waals surface area contributed by atoms with E-state index in [-0.39, 0.29) is 18.7 Å². The Bertz CT molecular complexity index is 430. The van der Waals surface area contributed by atoms with E-state index in [1.807, 2.05) is 6.92 Å². The second-order valence-corrected chi connectivity index (χ2v) is 6.53. The Morgan fingerprint density at radius 3 is 2.29 bits per heavy atom. The number of rotatable bonds is 4. The van der Waals surface area contributed by atoms with Gasteiger partial charge in [0.1, 0.15) is 0 Å². The number of nitrogens with zero attached hydrogens (tertiary/aromatic N) is 1. The zero-order valence-electron chi connectivity index (χ0n) is 9.97. The number of carboxylic acid groups (broad SMARTS) is 1. The van der Waals surface area contributed by atoms with Gasteiger partial charge in [0, 0.05) is 13.5 Å². The van der Waals surface area contributed by atoms with E-state index in [1.54, 1.807) is 0 Å². The summed E-state index contributed by atoms with van der Waals surface area (Å²) in [5.74, 6) is -2.28. The van der Waals surface area contributed by atoms with Crippen molar-refractivity contribution in [3.8, 4) is 0 Å². The smallest absolute Gasteiger partial charge is 0.330 e. The zero-order chi connectivity index (χ0) is 13.3. The Balaban J connectivity index is 3.16. The summed E-state index contributed by atoms with van der Waals surface area (Å²) in [5, 5.41) is 9.28. The summed E-state index contributed by atoms with van der Waals surface area (Å²) in [4.78, 5) is 24.1. The highest BCUT2D eigenvalue weighted by molar-refractivity contribution is 7.91. The van der Waals surface area contributed by atoms with E-state index in [1.165, 1.54) is 11.8 Å². The quantitative estimate of drug-likeness (QED) is 0.764. The lowest BCUT2D eigenvalue weighted by Crippen LogP contribution is -2.57. The summed E-state index contributed by atoms with van der Waals surface area (Å²) in [5.41, 5.74) is -1.57. The summed E-state index contributed by atoms with van der Waals surface area (Å²) < 4.78 is 23.0. The number of amides is 1. The van der Waals surface area contributed by atoms with Gasteiger partial charge in [-0.05, 0) is 12.8 Å². The molecule has 0 aromatic heterocycles. The van der Waals surface area contributed by atoms with Crippen molar-refractivity contribution in [3.63, 3.8) is 0 Å². The van der Waals surface area contributed by atoms with Crippen LogP contribution in [0.3, 0.4) is 0 Å². The second kappa shape index (κ2) is 4.64. The third-order valence-corrected chi connectivity index (χ3v) is 4.77. The first kappa shape index (κ1) is 14.0. The molecule has 1 aliphatic heterocycles. The van der Waals surface area contributed by atoms with E-state index in [0.717, 1.165) is 0 Å². The van der Waals surface area contributed by atoms with Crippen LogP contribution in [0.25, 0.3) is 0 Å². The molecular formula is C10H17NO5S. The van der Waals surface area contributed by atoms with Gasteiger partial charge in [-0.2, -0.15) is 0 Å². The average Bonchev–Trinajstić information content (AvgIpc) is 2.52. The minimum Gasteiger partial charge on any atom is -0.479 e. The maximum absolute atomic E-state index is 11.5. The first-order valence-corrected chi connectivity index (χ1v) is 7.29. The maximum atomic E-state index is 11.5. The van der Waals surface area contributed by atoms with Crippen LogP contribution >= 0.6 is 0 Å². The molecule has 0 aromatic carbocycles. The van der Waals surface area contributed by atoms with Gasteiger partial charge in [-0.15, -0.1) is 0 Å². The SMILES string of the molecule is CCCN(C(C)=O)C1(C(=O)O)CCS(=O)(=O)C1. The maximum Gasteiger partial charge on any atom is 0.330 e. The molecule has 0 bridgehead atoms. The van der Waals surface area contributed by atoms with E-state index in [9.17, 15) is 23.1 Å². The van der Waals surface area contributed by atoms with Gasteiger partial charge in [0.05, 0.1) is 11.5 Å². The highest BCUT2D eigenvalue weighted by Gasteiger charge is 2.53. The van der Waals surface area contributed by atoms with Crippen LogP contribution in [0.4, 0.5) is 0 Å². The van der Waals surface area contributed by atoms with Gasteiger partial charge in [-0.3, -0.25) is 4.79 Å². The summed E-state index contributed by atoms with van der Waals surface area (Å²) in [6, 6.07) is 0. The highest BCUT2D eigenvalue weighted by Crippen LogP contribution is 2.30. The number of carbonyl (C=O) groups is 2. The molecule has 0 saturated carbocycles. The molecule has 0 aliphatic carbocycles. The number of carboxylic acids is 1. The normalized spacial score (nSPS) is 26.7. The highest BCUT2D eigenvalue weighted by atomic mass is 32.2. The van der Waals surface area contributed by atoms with E-state index in [0.29, 0.717) is 6.42 Å². The van der Waals surface area contributed by atoms with Gasteiger partial charge < -0.3 is 10.0 Å². The van der Waals surface area contributed by atoms with Gasteiger partial charge in [0.25, 0.3) is 0 Å². The van der Waals surface area contributed by atoms with Crippen LogP contribution in [0.15, 0.2) is 0 Å². The van der Waals surface area contributed by atoms with Crippen molar-refractivity contribution in [1.82, 2.24) is 4.90 Å². The lowest BCUT2D eigenvalue weighted by molar-refractivity contribution is -0.156. The number of hydrogen-bond donors (Lipinski definition) is 1. The van der Waals surface area contributed by atoms with E-state index >= 15 is 0 Å². The molecule has 0 spiro atoms. The van der Waals surface area contributed by atoms with Crippen molar-refractivity contribution in [2.45, 2.75) is 32.2 Å². The van der Waals surface area contributed by atoms with Crippen molar-refractivity contribution >= 4 is 21.7 Å². The molecule has 17 heavy (non-hydrogen) atoms. The monoisotopic (exact) mass is 263 g/mol. The summed E-state index contributed by atoms with van der Waals surface area (Å²) in [6.07, 6.45) is 0.568. The second-order valence-electron chi connectivity index (χ2n) is 4.35. The van der Waals surface area contributed by atoms with Crippen LogP contribution in [-0.2, 0) is 19.4 Å². The molecule has 6 nitrogen and oxygen atoms in total. The number of sulfone groups is 1. The van der Waals surface area contributed by atoms with Gasteiger partial charge in [-0.1, -0.05) is 6.92 Å². The van der Waals surface area contributed by atoms with Crippen LogP contribution in [0.5, 0.6) is 0 Å². The molecule has 1 rings (SSSR count). The van der Waals surface area contributed by atoms with E-state index in [4.69, 9.17) is 0 Å². The molecule has 1 N–H and O–H groups in total. The third kappa shape index (κ3) is 2.59. The van der Waals surface area contributed by atoms with Crippen LogP contribution in [-0.4, -0.2) is 53.9 Å². The molecule has 1 amide bonds. The van der Waals surface area contributed by atoms with E-state index < -0.39 is 33.0 Å². The van der Waals surface area contributed by atoms with Crippen molar-refractivity contribution in [2.24, 2.45) is 0 Å². The fourth-order valence-corrected chi connectivity index (χ4v) is 4.17. The number of aliphatic carboxylic acids is 1. The predicted octanol–water partition coefficient (Wildman–Crippen LogP) is -0.113. The zero-order valence-corrected chi connectivity index (χ0v) is 10.8. The summed E-state index contributed by atoms with van der Waals surface area (Å²) >= 11 is 0. The van der Waals surface area contributed by atoms with E-state index in [2.05, 4.69) is 0 Å². The minimum atomic E-state index is -3.37. The fraction of sp³-hybridized carbons (Fsp3) is 0.800. The van der Waals surface area contributed by atoms with Crippen molar-refractivity contribution in [2.75, 3.05) is 18.1 Å². The Kier molecular flexibility index (Phi) is 3.81. The van der Waals surface area contributed by atoms with Gasteiger partial charge >= 0.3 is 5.97 Å². The van der Waals surface area contributed by atoms with Gasteiger partial charge in [0.2, 0.25) is 5.91 Å². The van der Waals surface area contributed by atoms with Crippen LogP contribution in [0.1, 0.15) is 26.7 Å². The molecular weight excluding hydrogens is 246 g/mol. The molecule has 1 unspecified atom stereocenters. The molecule has 7 heteroatoms. The first-order valence-electron chi connectivity index (χ1n) is 5.47. The lowest BCUT2D eigenvalue weighted by atomic mass is 9.96. The Morgan fingerprint density at radius 2 is 2.00 bits per heavy atom. The average molecular weight is 263 g/mol. The largest absolute Gasteiger partial charge is 0.479 e. The Hall–Kier alpha value is -1.11. The van der Waals surface area contributed by atoms with Crippen molar-refractivity contribution in [3.05, 3.63) is 0 Å². The Morgan fingerprint density at radius 1 is 1.41 bits per heavy atom. The van der Waals surface area contributed by atoms with Gasteiger partial charge in [0.15, 0.2) is 15.4 Å². The molecule has 1 heterocycles. The van der Waals surface area contributed by atoms with Crippen LogP contribution in [0.2, 0.25) is 0 Å². The summed E-state index contributed by atoms with van der Waals surface area (Å²) in [6.45, 7) is 3.34. The summed E-state index contributed by atoms with van der Waals surface area (Å²) in [7, 11) is -3.37. The molecule has 1 aliphatic rings. The van der Waals surface area contributed by atoms with Crippen molar-refractivity contribution in [1.29, 1.82) is 0 Å². The fourth-order valence-electron chi connectivity index (χ4n) is 2.23. The van der Waals surface area contributed by atoms with Gasteiger partial charge in [-0.25, -0.2) is 13.2 Å². The number of hydrogen-bond acceptors (Lipinski definition) is 4. The molecule has 0 radical (unpaired) electrons. The molecule has 1 saturated heterocycles. The molecule has 1 atom stereocenters. The number of carbonyl (C=O) groups excluding carboxylic acids is 1. The predicted molar refractivity (Wildman–Crippen MR) is 61.3 cm³/mol. The van der Waals surface area contributed by atoms with Crippen LogP contribution in [0, 0.1) is 0 Å². The van der Waals surface area contributed by atoms with Crippen LogP contribution < -0.4 is 0 Å². The molecule has 0 aromatic rings. The first-order chi connectivity index (χ1) is 7.75. The topological polar surface area (TPSA) is 91.8 Å². The molecule has 1 fully saturated rings. The standard InChI is InChI=1S/C10H17NO5S/c1-3-5-11(8(2)12)10(9(13)14)4-6-17(15,16)7-10/h3-7H2,1-2H3,(H,13,14). The third-order valence-electron chi connectivity index (χ3n) is 3.03.